The van der Waals surface area contributed by atoms with Gasteiger partial charge in [-0.15, -0.1) is 0 Å². The Bertz CT molecular complexity index is 647. The van der Waals surface area contributed by atoms with Crippen molar-refractivity contribution in [1.82, 2.24) is 4.31 Å². The number of benzene rings is 1. The number of sulfonamides is 1. The average Bonchev–Trinajstić information content (AvgIpc) is 2.75. The molecular weight excluding hydrogens is 292 g/mol. The van der Waals surface area contributed by atoms with Crippen molar-refractivity contribution < 1.29 is 27.1 Å². The summed E-state index contributed by atoms with van der Waals surface area (Å²) in [7, 11) is -4.24. The zero-order valence-electron chi connectivity index (χ0n) is 10.6. The maximum absolute atomic E-state index is 13.6. The van der Waals surface area contributed by atoms with Crippen molar-refractivity contribution in [3.63, 3.8) is 0 Å². The monoisotopic (exact) mass is 305 g/mol. The van der Waals surface area contributed by atoms with Crippen molar-refractivity contribution >= 4 is 16.0 Å². The first-order valence-corrected chi connectivity index (χ1v) is 7.35. The second-order valence-electron chi connectivity index (χ2n) is 4.82. The molecular formula is C12H13F2NO4S. The molecule has 8 heteroatoms. The third-order valence-corrected chi connectivity index (χ3v) is 5.25. The second kappa shape index (κ2) is 5.10. The summed E-state index contributed by atoms with van der Waals surface area (Å²) in [5, 5.41) is 8.98. The van der Waals surface area contributed by atoms with Gasteiger partial charge >= 0.3 is 5.97 Å². The Morgan fingerprint density at radius 3 is 2.55 bits per heavy atom. The van der Waals surface area contributed by atoms with E-state index in [0.29, 0.717) is 6.07 Å². The summed E-state index contributed by atoms with van der Waals surface area (Å²) in [6, 6.07) is 2.15. The minimum atomic E-state index is -4.24. The molecule has 1 N–H and O–H groups in total. The molecule has 1 aliphatic heterocycles. The van der Waals surface area contributed by atoms with Crippen LogP contribution < -0.4 is 0 Å². The van der Waals surface area contributed by atoms with E-state index in [1.165, 1.54) is 0 Å². The maximum atomic E-state index is 13.6. The van der Waals surface area contributed by atoms with Crippen LogP contribution in [0.15, 0.2) is 23.1 Å². The average molecular weight is 305 g/mol. The molecule has 2 atom stereocenters. The van der Waals surface area contributed by atoms with Gasteiger partial charge in [0.2, 0.25) is 10.0 Å². The molecule has 1 aromatic rings. The summed E-state index contributed by atoms with van der Waals surface area (Å²) < 4.78 is 52.1. The summed E-state index contributed by atoms with van der Waals surface area (Å²) in [6.07, 6.45) is 0. The highest BCUT2D eigenvalue weighted by molar-refractivity contribution is 7.89. The van der Waals surface area contributed by atoms with Crippen LogP contribution in [0.5, 0.6) is 0 Å². The molecule has 110 valence electrons. The van der Waals surface area contributed by atoms with Crippen LogP contribution in [0.2, 0.25) is 0 Å². The number of nitrogens with zero attached hydrogens (tertiary/aromatic N) is 1. The first-order valence-electron chi connectivity index (χ1n) is 5.91. The molecule has 1 fully saturated rings. The second-order valence-corrected chi connectivity index (χ2v) is 6.73. The standard InChI is InChI=1S/C12H13F2NO4S/c1-7-5-15(6-9(7)12(16)17)20(18,19)11-4-8(13)2-3-10(11)14/h2-4,7,9H,5-6H2,1H3,(H,16,17). The molecule has 1 aliphatic rings. The lowest BCUT2D eigenvalue weighted by Gasteiger charge is -2.16. The lowest BCUT2D eigenvalue weighted by atomic mass is 9.99. The summed E-state index contributed by atoms with van der Waals surface area (Å²) >= 11 is 0. The summed E-state index contributed by atoms with van der Waals surface area (Å²) in [6.45, 7) is 1.33. The van der Waals surface area contributed by atoms with Crippen molar-refractivity contribution in [2.75, 3.05) is 13.1 Å². The van der Waals surface area contributed by atoms with Crippen LogP contribution in [-0.4, -0.2) is 36.9 Å². The van der Waals surface area contributed by atoms with E-state index < -0.39 is 38.4 Å². The van der Waals surface area contributed by atoms with Gasteiger partial charge in [0.05, 0.1) is 5.92 Å². The molecule has 0 amide bonds. The number of hydrogen-bond acceptors (Lipinski definition) is 3. The van der Waals surface area contributed by atoms with Crippen molar-refractivity contribution in [2.45, 2.75) is 11.8 Å². The Kier molecular flexibility index (Phi) is 3.79. The van der Waals surface area contributed by atoms with Gasteiger partial charge in [0.25, 0.3) is 0 Å². The molecule has 2 rings (SSSR count). The quantitative estimate of drug-likeness (QED) is 0.913. The van der Waals surface area contributed by atoms with Gasteiger partial charge in [0.15, 0.2) is 0 Å². The summed E-state index contributed by atoms with van der Waals surface area (Å²) in [5.74, 6) is -4.26. The third-order valence-electron chi connectivity index (χ3n) is 3.41. The molecule has 2 unspecified atom stereocenters. The highest BCUT2D eigenvalue weighted by Gasteiger charge is 2.41. The summed E-state index contributed by atoms with van der Waals surface area (Å²) in [5.41, 5.74) is 0. The van der Waals surface area contributed by atoms with Gasteiger partial charge < -0.3 is 5.11 Å². The fraction of sp³-hybridized carbons (Fsp3) is 0.417. The van der Waals surface area contributed by atoms with E-state index >= 15 is 0 Å². The van der Waals surface area contributed by atoms with Crippen LogP contribution in [0.4, 0.5) is 8.78 Å². The Morgan fingerprint density at radius 1 is 1.35 bits per heavy atom. The molecule has 0 aromatic heterocycles. The number of carbonyl (C=O) groups is 1. The zero-order chi connectivity index (χ0) is 15.1. The van der Waals surface area contributed by atoms with Crippen molar-refractivity contribution in [3.8, 4) is 0 Å². The number of aliphatic carboxylic acids is 1. The van der Waals surface area contributed by atoms with Gasteiger partial charge in [-0.25, -0.2) is 17.2 Å². The Hall–Kier alpha value is -1.54. The zero-order valence-corrected chi connectivity index (χ0v) is 11.4. The Labute approximate surface area is 114 Å². The SMILES string of the molecule is CC1CN(S(=O)(=O)c2cc(F)ccc2F)CC1C(=O)O. The van der Waals surface area contributed by atoms with Crippen LogP contribution in [0, 0.1) is 23.5 Å². The van der Waals surface area contributed by atoms with Crippen molar-refractivity contribution in [1.29, 1.82) is 0 Å². The highest BCUT2D eigenvalue weighted by atomic mass is 32.2. The van der Waals surface area contributed by atoms with Crippen LogP contribution in [0.3, 0.4) is 0 Å². The number of hydrogen-bond donors (Lipinski definition) is 1. The number of rotatable bonds is 3. The molecule has 1 heterocycles. The predicted molar refractivity (Wildman–Crippen MR) is 65.4 cm³/mol. The van der Waals surface area contributed by atoms with Crippen LogP contribution >= 0.6 is 0 Å². The van der Waals surface area contributed by atoms with E-state index in [1.807, 2.05) is 0 Å². The molecule has 20 heavy (non-hydrogen) atoms. The van der Waals surface area contributed by atoms with E-state index in [0.717, 1.165) is 16.4 Å². The van der Waals surface area contributed by atoms with E-state index in [2.05, 4.69) is 0 Å². The maximum Gasteiger partial charge on any atom is 0.308 e. The molecule has 5 nitrogen and oxygen atoms in total. The number of carboxylic acids is 1. The van der Waals surface area contributed by atoms with E-state index in [9.17, 15) is 22.0 Å². The lowest BCUT2D eigenvalue weighted by molar-refractivity contribution is -0.142. The molecule has 0 spiro atoms. The fourth-order valence-electron chi connectivity index (χ4n) is 2.25. The van der Waals surface area contributed by atoms with Gasteiger partial charge in [0.1, 0.15) is 16.5 Å². The molecule has 0 bridgehead atoms. The van der Waals surface area contributed by atoms with Crippen molar-refractivity contribution in [2.24, 2.45) is 11.8 Å². The topological polar surface area (TPSA) is 74.7 Å². The molecule has 1 saturated heterocycles. The number of carboxylic acid groups (broad SMARTS) is 1. The van der Waals surface area contributed by atoms with E-state index in [1.54, 1.807) is 6.92 Å². The molecule has 1 aromatic carbocycles. The summed E-state index contributed by atoms with van der Waals surface area (Å²) in [4.78, 5) is 10.2. The van der Waals surface area contributed by atoms with Crippen LogP contribution in [0.1, 0.15) is 6.92 Å². The van der Waals surface area contributed by atoms with Gasteiger partial charge in [-0.2, -0.15) is 4.31 Å². The van der Waals surface area contributed by atoms with Gasteiger partial charge in [-0.05, 0) is 24.1 Å². The first kappa shape index (κ1) is 14.9. The molecule has 0 aliphatic carbocycles. The predicted octanol–water partition coefficient (Wildman–Crippen LogP) is 1.31. The van der Waals surface area contributed by atoms with Gasteiger partial charge in [-0.1, -0.05) is 6.92 Å². The van der Waals surface area contributed by atoms with Gasteiger partial charge in [-0.3, -0.25) is 4.79 Å². The number of halogens is 2. The van der Waals surface area contributed by atoms with Gasteiger partial charge in [0, 0.05) is 13.1 Å². The van der Waals surface area contributed by atoms with Crippen LogP contribution in [-0.2, 0) is 14.8 Å². The third kappa shape index (κ3) is 2.53. The Balaban J connectivity index is 2.37. The molecule has 0 saturated carbocycles. The largest absolute Gasteiger partial charge is 0.481 e. The van der Waals surface area contributed by atoms with E-state index in [4.69, 9.17) is 5.11 Å². The molecule has 0 radical (unpaired) electrons. The van der Waals surface area contributed by atoms with E-state index in [-0.39, 0.29) is 19.0 Å². The first-order chi connectivity index (χ1) is 9.23. The normalized spacial score (nSPS) is 23.9. The lowest BCUT2D eigenvalue weighted by Crippen LogP contribution is -2.30. The Morgan fingerprint density at radius 2 is 2.00 bits per heavy atom. The minimum absolute atomic E-state index is 0.0325. The highest BCUT2D eigenvalue weighted by Crippen LogP contribution is 2.29. The van der Waals surface area contributed by atoms with Crippen LogP contribution in [0.25, 0.3) is 0 Å². The fourth-order valence-corrected chi connectivity index (χ4v) is 3.90. The smallest absolute Gasteiger partial charge is 0.308 e. The minimum Gasteiger partial charge on any atom is -0.481 e. The van der Waals surface area contributed by atoms with Crippen molar-refractivity contribution in [3.05, 3.63) is 29.8 Å².